The average Bonchev–Trinajstić information content (AvgIpc) is 2.06. The van der Waals surface area contributed by atoms with Gasteiger partial charge in [0, 0.05) is 0 Å². The second-order valence-electron chi connectivity index (χ2n) is 2.43. The Morgan fingerprint density at radius 3 is 2.50 bits per heavy atom. The van der Waals surface area contributed by atoms with E-state index in [9.17, 15) is 18.0 Å². The number of benzene rings is 1. The highest BCUT2D eigenvalue weighted by Gasteiger charge is 2.32. The van der Waals surface area contributed by atoms with Gasteiger partial charge < -0.3 is 10.5 Å². The molecule has 0 aromatic heterocycles. The first-order valence-electron chi connectivity index (χ1n) is 3.53. The minimum atomic E-state index is -4.85. The van der Waals surface area contributed by atoms with Gasteiger partial charge in [-0.05, 0) is 12.1 Å². The average molecular weight is 205 g/mol. The molecule has 6 heteroatoms. The Morgan fingerprint density at radius 2 is 2.00 bits per heavy atom. The van der Waals surface area contributed by atoms with E-state index < -0.39 is 12.1 Å². The summed E-state index contributed by atoms with van der Waals surface area (Å²) in [5.74, 6) is -0.657. The van der Waals surface area contributed by atoms with E-state index in [0.29, 0.717) is 0 Å². The fourth-order valence-corrected chi connectivity index (χ4v) is 0.900. The predicted octanol–water partition coefficient (Wildman–Crippen LogP) is 1.98. The van der Waals surface area contributed by atoms with E-state index >= 15 is 0 Å². The molecule has 1 rings (SSSR count). The molecule has 0 aliphatic rings. The number of ether oxygens (including phenoxy) is 1. The predicted molar refractivity (Wildman–Crippen MR) is 42.9 cm³/mol. The number of alkyl halides is 3. The summed E-state index contributed by atoms with van der Waals surface area (Å²) in [6.45, 7) is 0. The molecule has 0 saturated carbocycles. The Labute approximate surface area is 77.3 Å². The van der Waals surface area contributed by atoms with Crippen molar-refractivity contribution in [1.82, 2.24) is 0 Å². The largest absolute Gasteiger partial charge is 0.573 e. The molecule has 76 valence electrons. The van der Waals surface area contributed by atoms with Gasteiger partial charge in [0.1, 0.15) is 0 Å². The highest BCUT2D eigenvalue weighted by Crippen LogP contribution is 2.30. The van der Waals surface area contributed by atoms with Crippen molar-refractivity contribution in [3.63, 3.8) is 0 Å². The van der Waals surface area contributed by atoms with Gasteiger partial charge >= 0.3 is 6.36 Å². The normalized spacial score (nSPS) is 11.1. The van der Waals surface area contributed by atoms with Crippen LogP contribution in [0.5, 0.6) is 5.75 Å². The molecule has 0 atom stereocenters. The molecule has 0 fully saturated rings. The van der Waals surface area contributed by atoms with Gasteiger partial charge in [0.2, 0.25) is 0 Å². The van der Waals surface area contributed by atoms with Crippen LogP contribution in [0.15, 0.2) is 18.2 Å². The molecule has 0 bridgehead atoms. The second kappa shape index (κ2) is 3.57. The van der Waals surface area contributed by atoms with Gasteiger partial charge in [-0.1, -0.05) is 6.07 Å². The van der Waals surface area contributed by atoms with Crippen molar-refractivity contribution in [2.24, 2.45) is 0 Å². The van der Waals surface area contributed by atoms with Crippen LogP contribution in [-0.2, 0) is 0 Å². The standard InChI is InChI=1S/C8H6F3NO2/c9-8(10,11)14-7-5(4-13)2-1-3-6(7)12/h1-4H,12H2. The van der Waals surface area contributed by atoms with Gasteiger partial charge in [-0.3, -0.25) is 4.79 Å². The fraction of sp³-hybridized carbons (Fsp3) is 0.125. The Bertz CT molecular complexity index is 349. The van der Waals surface area contributed by atoms with Crippen LogP contribution >= 0.6 is 0 Å². The van der Waals surface area contributed by atoms with Gasteiger partial charge in [0.05, 0.1) is 11.3 Å². The SMILES string of the molecule is Nc1cccc(C=O)c1OC(F)(F)F. The summed E-state index contributed by atoms with van der Waals surface area (Å²) >= 11 is 0. The summed E-state index contributed by atoms with van der Waals surface area (Å²) in [7, 11) is 0. The molecule has 3 nitrogen and oxygen atoms in total. The maximum Gasteiger partial charge on any atom is 0.573 e. The first kappa shape index (κ1) is 10.4. The number of hydrogen-bond acceptors (Lipinski definition) is 3. The molecule has 0 spiro atoms. The number of aldehydes is 1. The maximum atomic E-state index is 11.8. The van der Waals surface area contributed by atoms with E-state index in [2.05, 4.69) is 4.74 Å². The maximum absolute atomic E-state index is 11.8. The van der Waals surface area contributed by atoms with E-state index in [0.717, 1.165) is 0 Å². The number of para-hydroxylation sites is 1. The zero-order valence-corrected chi connectivity index (χ0v) is 6.84. The van der Waals surface area contributed by atoms with Crippen molar-refractivity contribution in [1.29, 1.82) is 0 Å². The molecule has 0 heterocycles. The van der Waals surface area contributed by atoms with Crippen LogP contribution in [-0.4, -0.2) is 12.6 Å². The van der Waals surface area contributed by atoms with Crippen LogP contribution in [0.25, 0.3) is 0 Å². The van der Waals surface area contributed by atoms with E-state index in [-0.39, 0.29) is 17.5 Å². The molecule has 1 aromatic carbocycles. The molecule has 0 aliphatic carbocycles. The number of nitrogen functional groups attached to an aromatic ring is 1. The Morgan fingerprint density at radius 1 is 1.36 bits per heavy atom. The first-order chi connectivity index (χ1) is 6.44. The molecule has 1 aromatic rings. The van der Waals surface area contributed by atoms with Gasteiger partial charge in [-0.15, -0.1) is 13.2 Å². The molecular formula is C8H6F3NO2. The van der Waals surface area contributed by atoms with Gasteiger partial charge in [-0.2, -0.15) is 0 Å². The monoisotopic (exact) mass is 205 g/mol. The fourth-order valence-electron chi connectivity index (χ4n) is 0.900. The lowest BCUT2D eigenvalue weighted by molar-refractivity contribution is -0.274. The number of carbonyl (C=O) groups excluding carboxylic acids is 1. The number of rotatable bonds is 2. The summed E-state index contributed by atoms with van der Waals surface area (Å²) in [4.78, 5) is 10.4. The van der Waals surface area contributed by atoms with Crippen LogP contribution in [0.2, 0.25) is 0 Å². The van der Waals surface area contributed by atoms with Crippen molar-refractivity contribution in [2.45, 2.75) is 6.36 Å². The zero-order valence-electron chi connectivity index (χ0n) is 6.84. The zero-order chi connectivity index (χ0) is 10.8. The number of anilines is 1. The molecule has 2 N–H and O–H groups in total. The summed E-state index contributed by atoms with van der Waals surface area (Å²) in [5.41, 5.74) is 4.76. The van der Waals surface area contributed by atoms with Crippen LogP contribution < -0.4 is 10.5 Å². The number of halogens is 3. The minimum absolute atomic E-state index is 0.230. The van der Waals surface area contributed by atoms with Crippen molar-refractivity contribution >= 4 is 12.0 Å². The number of carbonyl (C=O) groups is 1. The molecule has 14 heavy (non-hydrogen) atoms. The van der Waals surface area contributed by atoms with Crippen molar-refractivity contribution < 1.29 is 22.7 Å². The lowest BCUT2D eigenvalue weighted by Gasteiger charge is -2.12. The van der Waals surface area contributed by atoms with Crippen LogP contribution in [0.3, 0.4) is 0 Å². The molecule has 0 aliphatic heterocycles. The summed E-state index contributed by atoms with van der Waals surface area (Å²) in [6, 6.07) is 3.76. The second-order valence-corrected chi connectivity index (χ2v) is 2.43. The Hall–Kier alpha value is -1.72. The highest BCUT2D eigenvalue weighted by molar-refractivity contribution is 5.83. The lowest BCUT2D eigenvalue weighted by atomic mass is 10.2. The van der Waals surface area contributed by atoms with Crippen molar-refractivity contribution in [3.8, 4) is 5.75 Å². The van der Waals surface area contributed by atoms with Crippen LogP contribution in [0, 0.1) is 0 Å². The number of hydrogen-bond donors (Lipinski definition) is 1. The molecule has 0 radical (unpaired) electrons. The van der Waals surface area contributed by atoms with Crippen molar-refractivity contribution in [3.05, 3.63) is 23.8 Å². The third-order valence-corrected chi connectivity index (χ3v) is 1.42. The third kappa shape index (κ3) is 2.38. The molecular weight excluding hydrogens is 199 g/mol. The molecule has 0 unspecified atom stereocenters. The topological polar surface area (TPSA) is 52.3 Å². The van der Waals surface area contributed by atoms with E-state index in [1.54, 1.807) is 0 Å². The van der Waals surface area contributed by atoms with Gasteiger partial charge in [0.25, 0.3) is 0 Å². The summed E-state index contributed by atoms with van der Waals surface area (Å²) in [5, 5.41) is 0. The van der Waals surface area contributed by atoms with Crippen LogP contribution in [0.1, 0.15) is 10.4 Å². The smallest absolute Gasteiger partial charge is 0.403 e. The Kier molecular flexibility index (Phi) is 2.64. The quantitative estimate of drug-likeness (QED) is 0.593. The van der Waals surface area contributed by atoms with Gasteiger partial charge in [-0.25, -0.2) is 0 Å². The van der Waals surface area contributed by atoms with E-state index in [4.69, 9.17) is 5.73 Å². The highest BCUT2D eigenvalue weighted by atomic mass is 19.4. The van der Waals surface area contributed by atoms with Crippen LogP contribution in [0.4, 0.5) is 18.9 Å². The summed E-state index contributed by atoms with van der Waals surface area (Å²) < 4.78 is 39.1. The third-order valence-electron chi connectivity index (χ3n) is 1.42. The number of nitrogens with two attached hydrogens (primary N) is 1. The Balaban J connectivity index is 3.11. The van der Waals surface area contributed by atoms with E-state index in [1.807, 2.05) is 0 Å². The molecule has 0 amide bonds. The summed E-state index contributed by atoms with van der Waals surface area (Å²) in [6.07, 6.45) is -4.61. The molecule has 0 saturated heterocycles. The van der Waals surface area contributed by atoms with Crippen molar-refractivity contribution in [2.75, 3.05) is 5.73 Å². The van der Waals surface area contributed by atoms with E-state index in [1.165, 1.54) is 18.2 Å². The minimum Gasteiger partial charge on any atom is -0.403 e. The first-order valence-corrected chi connectivity index (χ1v) is 3.53. The van der Waals surface area contributed by atoms with Gasteiger partial charge in [0.15, 0.2) is 12.0 Å². The lowest BCUT2D eigenvalue weighted by Crippen LogP contribution is -2.19.